The van der Waals surface area contributed by atoms with Crippen LogP contribution in [-0.2, 0) is 16.8 Å². The van der Waals surface area contributed by atoms with Crippen molar-refractivity contribution in [2.75, 3.05) is 44.2 Å². The van der Waals surface area contributed by atoms with Crippen LogP contribution in [0, 0.1) is 0 Å². The zero-order chi connectivity index (χ0) is 33.7. The summed E-state index contributed by atoms with van der Waals surface area (Å²) in [6.07, 6.45) is -2.59. The van der Waals surface area contributed by atoms with Crippen molar-refractivity contribution < 1.29 is 22.8 Å². The van der Waals surface area contributed by atoms with Gasteiger partial charge in [-0.1, -0.05) is 85.3 Å². The highest BCUT2D eigenvalue weighted by atomic mass is 35.5. The number of carbonyl (C=O) groups excluding carboxylic acids is 2. The fraction of sp³-hybridized carbons (Fsp3) is 0.316. The minimum Gasteiger partial charge on any atom is -0.369 e. The van der Waals surface area contributed by atoms with Gasteiger partial charge >= 0.3 is 6.18 Å². The second-order valence-corrected chi connectivity index (χ2v) is 12.8. The average molecular weight is 675 g/mol. The Labute approximate surface area is 284 Å². The van der Waals surface area contributed by atoms with Crippen molar-refractivity contribution in [3.63, 3.8) is 0 Å². The summed E-state index contributed by atoms with van der Waals surface area (Å²) in [7, 11) is 0. The van der Waals surface area contributed by atoms with Crippen LogP contribution in [-0.4, -0.2) is 66.6 Å². The third-order valence-corrected chi connectivity index (χ3v) is 9.69. The molecular weight excluding hydrogens is 637 g/mol. The van der Waals surface area contributed by atoms with Gasteiger partial charge in [-0.2, -0.15) is 13.2 Å². The van der Waals surface area contributed by atoms with Crippen molar-refractivity contribution in [2.45, 2.75) is 37.4 Å². The van der Waals surface area contributed by atoms with Crippen LogP contribution in [0.3, 0.4) is 0 Å². The fourth-order valence-electron chi connectivity index (χ4n) is 7.01. The van der Waals surface area contributed by atoms with Crippen LogP contribution in [0.25, 0.3) is 11.1 Å². The second kappa shape index (κ2) is 14.4. The second-order valence-electron chi connectivity index (χ2n) is 12.4. The maximum absolute atomic E-state index is 13.7. The van der Waals surface area contributed by atoms with Gasteiger partial charge in [-0.15, -0.1) is 0 Å². The Kier molecular flexibility index (Phi) is 10.1. The number of piperazine rings is 1. The molecule has 250 valence electrons. The number of anilines is 1. The Hall–Kier alpha value is -4.34. The van der Waals surface area contributed by atoms with Gasteiger partial charge in [0.05, 0.1) is 6.54 Å². The molecule has 0 radical (unpaired) electrons. The summed E-state index contributed by atoms with van der Waals surface area (Å²) in [5, 5.41) is 2.22. The average Bonchev–Trinajstić information content (AvgIpc) is 3.40. The molecule has 2 amide bonds. The van der Waals surface area contributed by atoms with Crippen molar-refractivity contribution in [3.8, 4) is 11.1 Å². The summed E-state index contributed by atoms with van der Waals surface area (Å²) < 4.78 is 40.7. The van der Waals surface area contributed by atoms with E-state index in [1.54, 1.807) is 0 Å². The summed E-state index contributed by atoms with van der Waals surface area (Å²) in [5.41, 5.74) is 4.68. The van der Waals surface area contributed by atoms with Crippen molar-refractivity contribution >= 4 is 29.3 Å². The normalized spacial score (nSPS) is 15.5. The molecule has 6 rings (SSSR count). The summed E-state index contributed by atoms with van der Waals surface area (Å²) in [6, 6.07) is 32.2. The number of amides is 2. The minimum absolute atomic E-state index is 0.249. The smallest absolute Gasteiger partial charge is 0.369 e. The van der Waals surface area contributed by atoms with Crippen molar-refractivity contribution in [3.05, 3.63) is 125 Å². The predicted octanol–water partition coefficient (Wildman–Crippen LogP) is 7.42. The van der Waals surface area contributed by atoms with Crippen LogP contribution in [0.5, 0.6) is 0 Å². The number of nitrogens with one attached hydrogen (secondary N) is 1. The number of benzene rings is 4. The van der Waals surface area contributed by atoms with E-state index in [1.807, 2.05) is 103 Å². The summed E-state index contributed by atoms with van der Waals surface area (Å²) in [5.74, 6) is -0.852. The molecule has 1 N–H and O–H groups in total. The molecule has 6 nitrogen and oxygen atoms in total. The summed E-state index contributed by atoms with van der Waals surface area (Å²) in [6.45, 7) is 3.16. The molecule has 0 unspecified atom stereocenters. The number of nitrogens with zero attached hydrogens (tertiary/aromatic N) is 3. The SMILES string of the molecule is O=C(c1ccc(N2CCN(CCCCC3(C(=O)NCC(F)(F)F)c4ccccc4-c4ccccc43)CC2)cc1)N(Cl)Cc1ccccc1. The monoisotopic (exact) mass is 674 g/mol. The first-order chi connectivity index (χ1) is 23.2. The first-order valence-corrected chi connectivity index (χ1v) is 16.6. The van der Waals surface area contributed by atoms with Crippen LogP contribution < -0.4 is 10.2 Å². The first-order valence-electron chi connectivity index (χ1n) is 16.3. The molecule has 48 heavy (non-hydrogen) atoms. The lowest BCUT2D eigenvalue weighted by Crippen LogP contribution is -2.47. The predicted molar refractivity (Wildman–Crippen MR) is 183 cm³/mol. The van der Waals surface area contributed by atoms with Gasteiger partial charge in [-0.05, 0) is 71.5 Å². The van der Waals surface area contributed by atoms with E-state index in [0.717, 1.165) is 72.6 Å². The molecule has 1 aliphatic heterocycles. The van der Waals surface area contributed by atoms with E-state index >= 15 is 0 Å². The third-order valence-electron chi connectivity index (χ3n) is 9.41. The number of halogens is 4. The number of hydrogen-bond donors (Lipinski definition) is 1. The zero-order valence-electron chi connectivity index (χ0n) is 26.6. The van der Waals surface area contributed by atoms with Crippen LogP contribution in [0.15, 0.2) is 103 Å². The van der Waals surface area contributed by atoms with E-state index in [2.05, 4.69) is 15.1 Å². The largest absolute Gasteiger partial charge is 0.405 e. The van der Waals surface area contributed by atoms with E-state index in [1.165, 1.54) is 4.42 Å². The molecule has 1 heterocycles. The molecule has 0 saturated carbocycles. The van der Waals surface area contributed by atoms with Crippen LogP contribution in [0.2, 0.25) is 0 Å². The first kappa shape index (κ1) is 33.6. The highest BCUT2D eigenvalue weighted by molar-refractivity contribution is 6.24. The van der Waals surface area contributed by atoms with Crippen LogP contribution in [0.1, 0.15) is 46.3 Å². The topological polar surface area (TPSA) is 55.9 Å². The molecule has 1 saturated heterocycles. The Morgan fingerprint density at radius 2 is 1.35 bits per heavy atom. The number of fused-ring (bicyclic) bond motifs is 3. The molecular formula is C38H38ClF3N4O2. The molecule has 1 aliphatic carbocycles. The molecule has 0 aromatic heterocycles. The zero-order valence-corrected chi connectivity index (χ0v) is 27.3. The summed E-state index contributed by atoms with van der Waals surface area (Å²) in [4.78, 5) is 31.2. The van der Waals surface area contributed by atoms with Gasteiger partial charge in [0.15, 0.2) is 0 Å². The standard InChI is InChI=1S/C38H38ClF3N4O2/c39-46(26-28-10-2-1-3-11-28)35(47)29-16-18-30(19-17-29)45-24-22-44(23-25-45)21-9-8-20-37(36(48)43-27-38(40,41)42)33-14-6-4-12-31(33)32-13-5-7-15-34(32)37/h1-7,10-19H,8-9,20-27H2,(H,43,48). The Morgan fingerprint density at radius 1 is 0.771 bits per heavy atom. The Bertz CT molecular complexity index is 1680. The maximum atomic E-state index is 13.7. The van der Waals surface area contributed by atoms with Crippen molar-refractivity contribution in [1.82, 2.24) is 14.6 Å². The fourth-order valence-corrected chi connectivity index (χ4v) is 7.25. The molecule has 4 aromatic rings. The van der Waals surface area contributed by atoms with Gasteiger partial charge in [0, 0.05) is 49.2 Å². The molecule has 2 aliphatic rings. The Balaban J connectivity index is 1.03. The summed E-state index contributed by atoms with van der Waals surface area (Å²) >= 11 is 6.30. The quantitative estimate of drug-likeness (QED) is 0.133. The van der Waals surface area contributed by atoms with E-state index in [0.29, 0.717) is 24.9 Å². The molecule has 4 aromatic carbocycles. The molecule has 0 spiro atoms. The number of carbonyl (C=O) groups is 2. The Morgan fingerprint density at radius 3 is 1.96 bits per heavy atom. The van der Waals surface area contributed by atoms with E-state index in [-0.39, 0.29) is 5.91 Å². The molecule has 10 heteroatoms. The molecule has 0 atom stereocenters. The maximum Gasteiger partial charge on any atom is 0.405 e. The highest BCUT2D eigenvalue weighted by Crippen LogP contribution is 2.51. The van der Waals surface area contributed by atoms with Gasteiger partial charge in [-0.25, -0.2) is 4.42 Å². The number of alkyl halides is 3. The van der Waals surface area contributed by atoms with E-state index < -0.39 is 24.0 Å². The van der Waals surface area contributed by atoms with Gasteiger partial charge in [0.1, 0.15) is 12.0 Å². The van der Waals surface area contributed by atoms with Gasteiger partial charge < -0.3 is 10.2 Å². The van der Waals surface area contributed by atoms with Crippen LogP contribution >= 0.6 is 11.8 Å². The lowest BCUT2D eigenvalue weighted by molar-refractivity contribution is -0.141. The lowest BCUT2D eigenvalue weighted by Gasteiger charge is -2.36. The highest BCUT2D eigenvalue weighted by Gasteiger charge is 2.49. The minimum atomic E-state index is -4.50. The lowest BCUT2D eigenvalue weighted by atomic mass is 9.73. The number of unbranched alkanes of at least 4 members (excludes halogenated alkanes) is 1. The van der Waals surface area contributed by atoms with Crippen molar-refractivity contribution in [2.24, 2.45) is 0 Å². The number of hydrogen-bond acceptors (Lipinski definition) is 4. The third kappa shape index (κ3) is 7.22. The van der Waals surface area contributed by atoms with E-state index in [9.17, 15) is 22.8 Å². The van der Waals surface area contributed by atoms with Crippen molar-refractivity contribution in [1.29, 1.82) is 0 Å². The number of rotatable bonds is 11. The van der Waals surface area contributed by atoms with Gasteiger partial charge in [0.25, 0.3) is 5.91 Å². The van der Waals surface area contributed by atoms with Gasteiger partial charge in [0.2, 0.25) is 5.91 Å². The molecule has 0 bridgehead atoms. The van der Waals surface area contributed by atoms with E-state index in [4.69, 9.17) is 11.8 Å². The molecule has 1 fully saturated rings. The van der Waals surface area contributed by atoms with Crippen LogP contribution in [0.4, 0.5) is 18.9 Å². The van der Waals surface area contributed by atoms with Gasteiger partial charge in [-0.3, -0.25) is 14.5 Å².